The van der Waals surface area contributed by atoms with E-state index in [1.54, 1.807) is 7.11 Å². The predicted octanol–water partition coefficient (Wildman–Crippen LogP) is -0.850. The number of ether oxygens (including phenoxy) is 3. The van der Waals surface area contributed by atoms with Crippen LogP contribution in [0.1, 0.15) is 6.42 Å². The molecule has 0 aromatic heterocycles. The molecule has 62 valence electrons. The van der Waals surface area contributed by atoms with Crippen LogP contribution in [0.25, 0.3) is 0 Å². The molecule has 2 rings (SSSR count). The third kappa shape index (κ3) is 1.09. The van der Waals surface area contributed by atoms with Gasteiger partial charge in [-0.3, -0.25) is 0 Å². The van der Waals surface area contributed by atoms with E-state index in [0.717, 1.165) is 6.42 Å². The molecule has 0 radical (unpaired) electrons. The van der Waals surface area contributed by atoms with Gasteiger partial charge in [-0.25, -0.2) is 0 Å². The third-order valence-corrected chi connectivity index (χ3v) is 2.50. The minimum atomic E-state index is -0.112. The summed E-state index contributed by atoms with van der Waals surface area (Å²) in [5.41, 5.74) is -0.112. The maximum absolute atomic E-state index is 5.74. The quantitative estimate of drug-likeness (QED) is 0.487. The predicted molar refractivity (Wildman–Crippen MR) is 42.4 cm³/mol. The summed E-state index contributed by atoms with van der Waals surface area (Å²) in [6, 6.07) is 0.249. The maximum Gasteiger partial charge on any atom is 0.142 e. The molecule has 0 spiro atoms. The van der Waals surface area contributed by atoms with Crippen LogP contribution in [-0.2, 0) is 14.2 Å². The minimum Gasteiger partial charge on any atom is -0.382 e. The number of hydrogen-bond donors (Lipinski definition) is 0. The summed E-state index contributed by atoms with van der Waals surface area (Å²) in [4.78, 5) is 0. The molecule has 2 aliphatic rings. The molecule has 3 nitrogen and oxygen atoms in total. The van der Waals surface area contributed by atoms with Gasteiger partial charge < -0.3 is 14.2 Å². The Morgan fingerprint density at radius 1 is 1.73 bits per heavy atom. The van der Waals surface area contributed by atoms with Gasteiger partial charge in [0, 0.05) is 13.5 Å². The largest absolute Gasteiger partial charge is 0.382 e. The highest BCUT2D eigenvalue weighted by Gasteiger charge is 2.51. The van der Waals surface area contributed by atoms with Crippen molar-refractivity contribution < 1.29 is 14.2 Å². The molecule has 2 aliphatic heterocycles. The normalized spacial score (nSPS) is 48.5. The van der Waals surface area contributed by atoms with Crippen LogP contribution in [-0.4, -0.2) is 45.9 Å². The number of methoxy groups -OCH3 is 1. The molecule has 0 aliphatic carbocycles. The highest BCUT2D eigenvalue weighted by Crippen LogP contribution is 2.38. The second-order valence-electron chi connectivity index (χ2n) is 3.49. The van der Waals surface area contributed by atoms with Gasteiger partial charge in [-0.1, -0.05) is 0 Å². The lowest BCUT2D eigenvalue weighted by Gasteiger charge is -2.28. The molecule has 0 amide bonds. The van der Waals surface area contributed by atoms with Crippen LogP contribution in [0, 0.1) is 0 Å². The molecule has 0 aromatic rings. The zero-order valence-electron chi connectivity index (χ0n) is 7.00. The van der Waals surface area contributed by atoms with Crippen LogP contribution < -0.4 is 0 Å². The molecule has 0 N–H and O–H groups in total. The van der Waals surface area contributed by atoms with Crippen molar-refractivity contribution in [2.45, 2.75) is 24.1 Å². The number of fused-ring (bicyclic) bond motifs is 2. The number of rotatable bonds is 2. The lowest BCUT2D eigenvalue weighted by molar-refractivity contribution is -0.134. The first-order valence-corrected chi connectivity index (χ1v) is 4.04. The molecule has 1 unspecified atom stereocenters. The van der Waals surface area contributed by atoms with Crippen molar-refractivity contribution in [1.29, 1.82) is 0 Å². The Morgan fingerprint density at radius 3 is 3.00 bits per heavy atom. The van der Waals surface area contributed by atoms with Gasteiger partial charge in [0.05, 0.1) is 25.3 Å². The Morgan fingerprint density at radius 2 is 2.55 bits per heavy atom. The van der Waals surface area contributed by atoms with Gasteiger partial charge >= 0.3 is 0 Å². The van der Waals surface area contributed by atoms with Crippen molar-refractivity contribution in [3.05, 3.63) is 0 Å². The van der Waals surface area contributed by atoms with Gasteiger partial charge in [-0.15, -0.1) is 0 Å². The van der Waals surface area contributed by atoms with E-state index in [1.165, 1.54) is 0 Å². The third-order valence-electron chi connectivity index (χ3n) is 2.50. The molecule has 3 atom stereocenters. The average Bonchev–Trinajstić information content (AvgIpc) is 2.44. The topological polar surface area (TPSA) is 27.7 Å². The molecule has 2 saturated heterocycles. The summed E-state index contributed by atoms with van der Waals surface area (Å²) < 4.78 is 16.3. The van der Waals surface area contributed by atoms with E-state index in [4.69, 9.17) is 14.2 Å². The Hall–Kier alpha value is -0.0551. The zero-order valence-corrected chi connectivity index (χ0v) is 7.00. The Labute approximate surface area is 67.4 Å². The SMILES string of the molecule is B[C@@H]1O[C@@]2(COC)COC1C2. The van der Waals surface area contributed by atoms with Gasteiger partial charge in [0.2, 0.25) is 0 Å². The van der Waals surface area contributed by atoms with Crippen LogP contribution >= 0.6 is 0 Å². The summed E-state index contributed by atoms with van der Waals surface area (Å²) in [5.74, 6) is 0. The summed E-state index contributed by atoms with van der Waals surface area (Å²) in [6.45, 7) is 1.36. The molecule has 0 saturated carbocycles. The molecular weight excluding hydrogens is 143 g/mol. The monoisotopic (exact) mass is 156 g/mol. The van der Waals surface area contributed by atoms with E-state index in [9.17, 15) is 0 Å². The van der Waals surface area contributed by atoms with Crippen LogP contribution in [0.2, 0.25) is 0 Å². The Balaban J connectivity index is 2.05. The van der Waals surface area contributed by atoms with Crippen LogP contribution in [0.3, 0.4) is 0 Å². The summed E-state index contributed by atoms with van der Waals surface area (Å²) in [6.07, 6.45) is 1.31. The fourth-order valence-corrected chi connectivity index (χ4v) is 1.99. The first kappa shape index (κ1) is 7.59. The fraction of sp³-hybridized carbons (Fsp3) is 1.00. The lowest BCUT2D eigenvalue weighted by atomic mass is 9.94. The molecule has 4 heteroatoms. The summed E-state index contributed by atoms with van der Waals surface area (Å²) in [7, 11) is 3.76. The van der Waals surface area contributed by atoms with Crippen molar-refractivity contribution in [2.75, 3.05) is 20.3 Å². The van der Waals surface area contributed by atoms with Crippen molar-refractivity contribution in [3.8, 4) is 0 Å². The van der Waals surface area contributed by atoms with Crippen molar-refractivity contribution in [2.24, 2.45) is 0 Å². The van der Waals surface area contributed by atoms with Gasteiger partial charge in [0.1, 0.15) is 13.4 Å². The Kier molecular flexibility index (Phi) is 1.70. The van der Waals surface area contributed by atoms with Gasteiger partial charge in [-0.2, -0.15) is 0 Å². The second-order valence-corrected chi connectivity index (χ2v) is 3.49. The van der Waals surface area contributed by atoms with Crippen molar-refractivity contribution in [1.82, 2.24) is 0 Å². The molecule has 2 fully saturated rings. The van der Waals surface area contributed by atoms with Crippen LogP contribution in [0.15, 0.2) is 0 Å². The maximum atomic E-state index is 5.74. The molecule has 11 heavy (non-hydrogen) atoms. The number of hydrogen-bond acceptors (Lipinski definition) is 3. The fourth-order valence-electron chi connectivity index (χ4n) is 1.99. The summed E-state index contributed by atoms with van der Waals surface area (Å²) in [5, 5.41) is 0. The summed E-state index contributed by atoms with van der Waals surface area (Å²) >= 11 is 0. The van der Waals surface area contributed by atoms with Crippen molar-refractivity contribution in [3.63, 3.8) is 0 Å². The first-order chi connectivity index (χ1) is 5.26. The van der Waals surface area contributed by atoms with Gasteiger partial charge in [0.25, 0.3) is 0 Å². The van der Waals surface area contributed by atoms with Crippen molar-refractivity contribution >= 4 is 7.85 Å². The van der Waals surface area contributed by atoms with E-state index in [0.29, 0.717) is 19.3 Å². The van der Waals surface area contributed by atoms with E-state index in [1.807, 2.05) is 0 Å². The second kappa shape index (κ2) is 2.47. The van der Waals surface area contributed by atoms with E-state index in [-0.39, 0.29) is 11.6 Å². The van der Waals surface area contributed by atoms with E-state index < -0.39 is 0 Å². The molecular formula is C7H13BO3. The Bertz CT molecular complexity index is 160. The average molecular weight is 156 g/mol. The highest BCUT2D eigenvalue weighted by molar-refractivity contribution is 6.11. The lowest BCUT2D eigenvalue weighted by Crippen LogP contribution is -2.40. The smallest absolute Gasteiger partial charge is 0.142 e. The molecule has 2 heterocycles. The minimum absolute atomic E-state index is 0.112. The first-order valence-electron chi connectivity index (χ1n) is 4.04. The van der Waals surface area contributed by atoms with E-state index >= 15 is 0 Å². The van der Waals surface area contributed by atoms with Crippen LogP contribution in [0.4, 0.5) is 0 Å². The van der Waals surface area contributed by atoms with Gasteiger partial charge in [-0.05, 0) is 0 Å². The van der Waals surface area contributed by atoms with Gasteiger partial charge in [0.15, 0.2) is 0 Å². The standard InChI is InChI=1S/C7H13BO3/c1-9-3-7-2-5(10-4-7)6(8)11-7/h5-6H,2-4,8H2,1H3/t5?,6-,7+/m1/s1. The molecule has 0 aromatic carbocycles. The highest BCUT2D eigenvalue weighted by atomic mass is 16.6. The van der Waals surface area contributed by atoms with E-state index in [2.05, 4.69) is 7.85 Å². The van der Waals surface area contributed by atoms with Crippen LogP contribution in [0.5, 0.6) is 0 Å². The molecule has 2 bridgehead atoms. The zero-order chi connectivity index (χ0) is 7.90.